The highest BCUT2D eigenvalue weighted by atomic mass is 16.5. The number of nitrogens with one attached hydrogen (secondary N) is 1. The van der Waals surface area contributed by atoms with Crippen molar-refractivity contribution in [1.82, 2.24) is 10.2 Å². The van der Waals surface area contributed by atoms with E-state index in [-0.39, 0.29) is 0 Å². The predicted octanol–water partition coefficient (Wildman–Crippen LogP) is 2.17. The van der Waals surface area contributed by atoms with Crippen molar-refractivity contribution in [2.75, 3.05) is 33.4 Å². The molecule has 104 valence electrons. The quantitative estimate of drug-likeness (QED) is 0.685. The smallest absolute Gasteiger partial charge is 0.118 e. The van der Waals surface area contributed by atoms with Crippen molar-refractivity contribution in [3.05, 3.63) is 23.2 Å². The summed E-state index contributed by atoms with van der Waals surface area (Å²) >= 11 is 0. The minimum absolute atomic E-state index is 0.784. The summed E-state index contributed by atoms with van der Waals surface area (Å²) in [5.41, 5.74) is 1.28. The minimum atomic E-state index is 0.784. The molecule has 0 amide bonds. The van der Waals surface area contributed by atoms with Gasteiger partial charge in [-0.05, 0) is 33.5 Å². The van der Waals surface area contributed by atoms with Gasteiger partial charge in [0.1, 0.15) is 11.5 Å². The normalized spacial score (nSPS) is 11.4. The van der Waals surface area contributed by atoms with E-state index in [1.54, 1.807) is 0 Å². The van der Waals surface area contributed by atoms with Crippen LogP contribution in [-0.4, -0.2) is 38.3 Å². The standard InChI is InChI=1S/C14H26N2O2/c1-5-16(7-8-17-6-2)11-13-9-14(10-15-4)18-12(13)3/h9,15H,5-8,10-11H2,1-4H3. The van der Waals surface area contributed by atoms with E-state index in [0.717, 1.165) is 50.9 Å². The van der Waals surface area contributed by atoms with Crippen LogP contribution >= 0.6 is 0 Å². The molecule has 1 heterocycles. The van der Waals surface area contributed by atoms with Crippen molar-refractivity contribution < 1.29 is 9.15 Å². The van der Waals surface area contributed by atoms with E-state index in [4.69, 9.17) is 9.15 Å². The fraction of sp³-hybridized carbons (Fsp3) is 0.714. The van der Waals surface area contributed by atoms with Crippen LogP contribution in [-0.2, 0) is 17.8 Å². The summed E-state index contributed by atoms with van der Waals surface area (Å²) in [6, 6.07) is 2.15. The minimum Gasteiger partial charge on any atom is -0.465 e. The van der Waals surface area contributed by atoms with Gasteiger partial charge in [-0.3, -0.25) is 4.90 Å². The SMILES string of the molecule is CCOCCN(CC)Cc1cc(CNC)oc1C. The van der Waals surface area contributed by atoms with Gasteiger partial charge in [0.15, 0.2) is 0 Å². The fourth-order valence-electron chi connectivity index (χ4n) is 1.93. The molecule has 0 aliphatic carbocycles. The Labute approximate surface area is 110 Å². The van der Waals surface area contributed by atoms with E-state index in [1.165, 1.54) is 5.56 Å². The summed E-state index contributed by atoms with van der Waals surface area (Å²) in [6.45, 7) is 11.5. The van der Waals surface area contributed by atoms with E-state index in [1.807, 2.05) is 20.9 Å². The molecular weight excluding hydrogens is 228 g/mol. The summed E-state index contributed by atoms with van der Waals surface area (Å²) < 4.78 is 11.1. The third kappa shape index (κ3) is 4.80. The zero-order chi connectivity index (χ0) is 13.4. The lowest BCUT2D eigenvalue weighted by molar-refractivity contribution is 0.112. The molecular formula is C14H26N2O2. The Kier molecular flexibility index (Phi) is 7.01. The van der Waals surface area contributed by atoms with Gasteiger partial charge in [-0.2, -0.15) is 0 Å². The van der Waals surface area contributed by atoms with Crippen LogP contribution in [0.3, 0.4) is 0 Å². The number of hydrogen-bond acceptors (Lipinski definition) is 4. The number of likely N-dealkylation sites (N-methyl/N-ethyl adjacent to an activating group) is 1. The zero-order valence-electron chi connectivity index (χ0n) is 12.1. The van der Waals surface area contributed by atoms with E-state index >= 15 is 0 Å². The van der Waals surface area contributed by atoms with Crippen LogP contribution in [0.2, 0.25) is 0 Å². The Balaban J connectivity index is 2.52. The van der Waals surface area contributed by atoms with Gasteiger partial charge in [-0.15, -0.1) is 0 Å². The molecule has 4 nitrogen and oxygen atoms in total. The number of furan rings is 1. The highest BCUT2D eigenvalue weighted by Crippen LogP contribution is 2.16. The van der Waals surface area contributed by atoms with Crippen molar-refractivity contribution in [3.8, 4) is 0 Å². The first-order valence-electron chi connectivity index (χ1n) is 6.74. The molecule has 0 radical (unpaired) electrons. The second-order valence-corrected chi connectivity index (χ2v) is 4.39. The summed E-state index contributed by atoms with van der Waals surface area (Å²) in [4.78, 5) is 2.37. The molecule has 0 aromatic carbocycles. The van der Waals surface area contributed by atoms with Gasteiger partial charge in [0.2, 0.25) is 0 Å². The highest BCUT2D eigenvalue weighted by molar-refractivity contribution is 5.20. The molecule has 0 unspecified atom stereocenters. The van der Waals surface area contributed by atoms with Crippen molar-refractivity contribution in [3.63, 3.8) is 0 Å². The monoisotopic (exact) mass is 254 g/mol. The summed E-state index contributed by atoms with van der Waals surface area (Å²) in [6.07, 6.45) is 0. The number of hydrogen-bond donors (Lipinski definition) is 1. The van der Waals surface area contributed by atoms with Crippen molar-refractivity contribution in [2.45, 2.75) is 33.9 Å². The highest BCUT2D eigenvalue weighted by Gasteiger charge is 2.10. The maximum atomic E-state index is 5.71. The lowest BCUT2D eigenvalue weighted by atomic mass is 10.2. The molecule has 0 bridgehead atoms. The molecule has 0 saturated heterocycles. The van der Waals surface area contributed by atoms with Crippen molar-refractivity contribution >= 4 is 0 Å². The molecule has 18 heavy (non-hydrogen) atoms. The maximum Gasteiger partial charge on any atom is 0.118 e. The fourth-order valence-corrected chi connectivity index (χ4v) is 1.93. The van der Waals surface area contributed by atoms with Crippen LogP contribution in [0.5, 0.6) is 0 Å². The summed E-state index contributed by atoms with van der Waals surface area (Å²) in [5, 5.41) is 3.11. The van der Waals surface area contributed by atoms with Gasteiger partial charge in [-0.25, -0.2) is 0 Å². The van der Waals surface area contributed by atoms with Crippen LogP contribution in [0.4, 0.5) is 0 Å². The van der Waals surface area contributed by atoms with Gasteiger partial charge in [0.25, 0.3) is 0 Å². The Hall–Kier alpha value is -0.840. The molecule has 1 aromatic rings. The van der Waals surface area contributed by atoms with Crippen molar-refractivity contribution in [1.29, 1.82) is 0 Å². The van der Waals surface area contributed by atoms with Gasteiger partial charge in [-0.1, -0.05) is 6.92 Å². The average Bonchev–Trinajstić information content (AvgIpc) is 2.69. The summed E-state index contributed by atoms with van der Waals surface area (Å²) in [5.74, 6) is 2.03. The molecule has 1 N–H and O–H groups in total. The van der Waals surface area contributed by atoms with E-state index in [0.29, 0.717) is 0 Å². The lowest BCUT2D eigenvalue weighted by Crippen LogP contribution is -2.27. The van der Waals surface area contributed by atoms with Gasteiger partial charge in [0.05, 0.1) is 13.2 Å². The molecule has 1 rings (SSSR count). The molecule has 0 spiro atoms. The maximum absolute atomic E-state index is 5.71. The first-order chi connectivity index (χ1) is 8.71. The Bertz CT molecular complexity index is 337. The van der Waals surface area contributed by atoms with E-state index in [2.05, 4.69) is 23.2 Å². The molecule has 0 saturated carbocycles. The molecule has 0 aliphatic heterocycles. The Morgan fingerprint density at radius 1 is 1.39 bits per heavy atom. The molecule has 0 atom stereocenters. The predicted molar refractivity (Wildman–Crippen MR) is 73.7 cm³/mol. The Morgan fingerprint density at radius 2 is 2.17 bits per heavy atom. The van der Waals surface area contributed by atoms with Crippen LogP contribution < -0.4 is 5.32 Å². The number of aryl methyl sites for hydroxylation is 1. The zero-order valence-corrected chi connectivity index (χ0v) is 12.1. The second-order valence-electron chi connectivity index (χ2n) is 4.39. The first-order valence-corrected chi connectivity index (χ1v) is 6.74. The van der Waals surface area contributed by atoms with Crippen LogP contribution in [0.15, 0.2) is 10.5 Å². The first kappa shape index (κ1) is 15.2. The second kappa shape index (κ2) is 8.29. The van der Waals surface area contributed by atoms with Gasteiger partial charge < -0.3 is 14.5 Å². The molecule has 4 heteroatoms. The molecule has 0 fully saturated rings. The third-order valence-corrected chi connectivity index (χ3v) is 3.02. The number of rotatable bonds is 9. The van der Waals surface area contributed by atoms with Gasteiger partial charge >= 0.3 is 0 Å². The largest absolute Gasteiger partial charge is 0.465 e. The average molecular weight is 254 g/mol. The van der Waals surface area contributed by atoms with Crippen molar-refractivity contribution in [2.24, 2.45) is 0 Å². The van der Waals surface area contributed by atoms with Crippen LogP contribution in [0.25, 0.3) is 0 Å². The number of ether oxygens (including phenoxy) is 1. The Morgan fingerprint density at radius 3 is 2.78 bits per heavy atom. The van der Waals surface area contributed by atoms with Crippen LogP contribution in [0.1, 0.15) is 30.9 Å². The lowest BCUT2D eigenvalue weighted by Gasteiger charge is -2.19. The summed E-state index contributed by atoms with van der Waals surface area (Å²) in [7, 11) is 1.93. The van der Waals surface area contributed by atoms with Gasteiger partial charge in [0, 0.05) is 25.3 Å². The van der Waals surface area contributed by atoms with Crippen LogP contribution in [0, 0.1) is 6.92 Å². The number of nitrogens with zero attached hydrogens (tertiary/aromatic N) is 1. The van der Waals surface area contributed by atoms with E-state index < -0.39 is 0 Å². The molecule has 0 aliphatic rings. The third-order valence-electron chi connectivity index (χ3n) is 3.02. The van der Waals surface area contributed by atoms with E-state index in [9.17, 15) is 0 Å². The topological polar surface area (TPSA) is 37.6 Å². The molecule has 1 aromatic heterocycles.